The standard InChI is InChI=1S/C30H33ClN8O/c1-37-9-11-38(12-10-37)26-14-21(19-5-6-19)18-39-29(26)34-28(36-39)17-33-23-7-8-32-27(15-23)35-30(40)25-16-24(25)20-3-2-4-22(31)13-20/h2-4,7-8,13-15,18-19,24-25H,5-6,9-12,16-17H2,1H3,(H2,32,33,35,40)/t24-,25+/m1/s1. The average Bonchev–Trinajstić information content (AvgIpc) is 3.88. The lowest BCUT2D eigenvalue weighted by Gasteiger charge is -2.34. The van der Waals surface area contributed by atoms with Crippen molar-refractivity contribution in [3.8, 4) is 0 Å². The van der Waals surface area contributed by atoms with Crippen LogP contribution in [0, 0.1) is 5.92 Å². The maximum Gasteiger partial charge on any atom is 0.229 e. The Morgan fingerprint density at radius 3 is 2.73 bits per heavy atom. The smallest absolute Gasteiger partial charge is 0.229 e. The number of carbonyl (C=O) groups excluding carboxylic acids is 1. The van der Waals surface area contributed by atoms with Gasteiger partial charge in [0.05, 0.1) is 12.2 Å². The van der Waals surface area contributed by atoms with Crippen LogP contribution in [-0.4, -0.2) is 63.6 Å². The number of aromatic nitrogens is 4. The molecular weight excluding hydrogens is 524 g/mol. The Morgan fingerprint density at radius 1 is 1.07 bits per heavy atom. The van der Waals surface area contributed by atoms with E-state index < -0.39 is 0 Å². The van der Waals surface area contributed by atoms with Crippen LogP contribution in [0.1, 0.15) is 48.0 Å². The van der Waals surface area contributed by atoms with Gasteiger partial charge in [0.2, 0.25) is 5.91 Å². The van der Waals surface area contributed by atoms with Crippen LogP contribution >= 0.6 is 11.6 Å². The lowest BCUT2D eigenvalue weighted by molar-refractivity contribution is -0.117. The van der Waals surface area contributed by atoms with Crippen LogP contribution in [0.15, 0.2) is 54.9 Å². The van der Waals surface area contributed by atoms with Crippen LogP contribution < -0.4 is 15.5 Å². The van der Waals surface area contributed by atoms with Crippen molar-refractivity contribution in [3.63, 3.8) is 0 Å². The molecule has 7 rings (SSSR count). The minimum absolute atomic E-state index is 0.0143. The second kappa shape index (κ2) is 10.4. The Labute approximate surface area is 238 Å². The summed E-state index contributed by atoms with van der Waals surface area (Å²) >= 11 is 6.13. The van der Waals surface area contributed by atoms with Gasteiger partial charge in [-0.25, -0.2) is 14.5 Å². The first-order chi connectivity index (χ1) is 19.5. The number of benzene rings is 1. The predicted molar refractivity (Wildman–Crippen MR) is 157 cm³/mol. The van der Waals surface area contributed by atoms with E-state index in [-0.39, 0.29) is 17.7 Å². The van der Waals surface area contributed by atoms with Gasteiger partial charge in [-0.05, 0) is 73.5 Å². The van der Waals surface area contributed by atoms with E-state index in [9.17, 15) is 4.79 Å². The van der Waals surface area contributed by atoms with Crippen molar-refractivity contribution in [2.24, 2.45) is 5.92 Å². The molecule has 0 radical (unpaired) electrons. The maximum absolute atomic E-state index is 12.9. The van der Waals surface area contributed by atoms with Crippen molar-refractivity contribution in [1.29, 1.82) is 0 Å². The molecule has 1 amide bonds. The molecular formula is C30H33ClN8O. The number of likely N-dealkylation sites (N-methyl/N-ethyl adjacent to an activating group) is 1. The van der Waals surface area contributed by atoms with E-state index in [0.717, 1.165) is 55.3 Å². The SMILES string of the molecule is CN1CCN(c2cc(C3CC3)cn3nc(CNc4ccnc(NC(=O)[C@H]5C[C@@H]5c5cccc(Cl)c5)c4)nc23)CC1. The van der Waals surface area contributed by atoms with Crippen LogP contribution in [0.2, 0.25) is 5.02 Å². The number of nitrogens with zero attached hydrogens (tertiary/aromatic N) is 6. The minimum Gasteiger partial charge on any atom is -0.378 e. The van der Waals surface area contributed by atoms with Gasteiger partial charge >= 0.3 is 0 Å². The molecule has 10 heteroatoms. The highest BCUT2D eigenvalue weighted by Gasteiger charge is 2.44. The quantitative estimate of drug-likeness (QED) is 0.323. The molecule has 4 heterocycles. The average molecular weight is 557 g/mol. The summed E-state index contributed by atoms with van der Waals surface area (Å²) in [6.07, 6.45) is 7.17. The molecule has 206 valence electrons. The van der Waals surface area contributed by atoms with Gasteiger partial charge in [-0.3, -0.25) is 4.79 Å². The van der Waals surface area contributed by atoms with E-state index in [4.69, 9.17) is 21.7 Å². The predicted octanol–water partition coefficient (Wildman–Crippen LogP) is 4.76. The second-order valence-corrected chi connectivity index (χ2v) is 11.7. The highest BCUT2D eigenvalue weighted by Crippen LogP contribution is 2.48. The molecule has 2 atom stereocenters. The van der Waals surface area contributed by atoms with Crippen LogP contribution in [0.3, 0.4) is 0 Å². The Kier molecular flexibility index (Phi) is 6.56. The molecule has 2 aliphatic carbocycles. The Hall–Kier alpha value is -3.69. The number of fused-ring (bicyclic) bond motifs is 1. The highest BCUT2D eigenvalue weighted by atomic mass is 35.5. The van der Waals surface area contributed by atoms with Crippen molar-refractivity contribution < 1.29 is 4.79 Å². The zero-order chi connectivity index (χ0) is 27.2. The van der Waals surface area contributed by atoms with Crippen molar-refractivity contribution in [1.82, 2.24) is 24.5 Å². The summed E-state index contributed by atoms with van der Waals surface area (Å²) in [5.41, 5.74) is 5.40. The monoisotopic (exact) mass is 556 g/mol. The lowest BCUT2D eigenvalue weighted by Crippen LogP contribution is -2.44. The van der Waals surface area contributed by atoms with E-state index in [0.29, 0.717) is 23.3 Å². The number of carbonyl (C=O) groups is 1. The summed E-state index contributed by atoms with van der Waals surface area (Å²) < 4.78 is 1.96. The largest absolute Gasteiger partial charge is 0.378 e. The number of hydrogen-bond donors (Lipinski definition) is 2. The summed E-state index contributed by atoms with van der Waals surface area (Å²) in [5, 5.41) is 11.9. The van der Waals surface area contributed by atoms with Gasteiger partial charge < -0.3 is 20.4 Å². The van der Waals surface area contributed by atoms with Crippen LogP contribution in [0.5, 0.6) is 0 Å². The summed E-state index contributed by atoms with van der Waals surface area (Å²) in [5.74, 6) is 2.03. The molecule has 0 spiro atoms. The zero-order valence-electron chi connectivity index (χ0n) is 22.6. The molecule has 40 heavy (non-hydrogen) atoms. The molecule has 2 N–H and O–H groups in total. The number of pyridine rings is 2. The van der Waals surface area contributed by atoms with Gasteiger partial charge in [-0.1, -0.05) is 23.7 Å². The molecule has 0 bridgehead atoms. The molecule has 1 aromatic carbocycles. The third kappa shape index (κ3) is 5.36. The van der Waals surface area contributed by atoms with E-state index >= 15 is 0 Å². The fraction of sp³-hybridized carbons (Fsp3) is 0.400. The van der Waals surface area contributed by atoms with Crippen LogP contribution in [0.25, 0.3) is 5.65 Å². The molecule has 1 saturated heterocycles. The van der Waals surface area contributed by atoms with E-state index in [2.05, 4.69) is 44.7 Å². The second-order valence-electron chi connectivity index (χ2n) is 11.3. The number of halogens is 1. The molecule has 2 saturated carbocycles. The first kappa shape index (κ1) is 25.3. The Morgan fingerprint density at radius 2 is 1.93 bits per heavy atom. The van der Waals surface area contributed by atoms with Gasteiger partial charge in [0, 0.05) is 61.3 Å². The normalized spacial score (nSPS) is 21.0. The summed E-state index contributed by atoms with van der Waals surface area (Å²) in [6.45, 7) is 4.55. The molecule has 3 fully saturated rings. The maximum atomic E-state index is 12.9. The minimum atomic E-state index is -0.0610. The Balaban J connectivity index is 1.03. The summed E-state index contributed by atoms with van der Waals surface area (Å²) in [4.78, 5) is 27.0. The number of anilines is 3. The molecule has 0 unspecified atom stereocenters. The number of nitrogens with one attached hydrogen (secondary N) is 2. The van der Waals surface area contributed by atoms with Gasteiger partial charge in [-0.15, -0.1) is 5.10 Å². The van der Waals surface area contributed by atoms with Crippen LogP contribution in [0.4, 0.5) is 17.2 Å². The first-order valence-electron chi connectivity index (χ1n) is 14.1. The molecule has 9 nitrogen and oxygen atoms in total. The number of rotatable bonds is 8. The van der Waals surface area contributed by atoms with Gasteiger partial charge in [0.25, 0.3) is 0 Å². The lowest BCUT2D eigenvalue weighted by atomic mass is 10.1. The van der Waals surface area contributed by atoms with Crippen molar-refractivity contribution in [2.75, 3.05) is 48.8 Å². The van der Waals surface area contributed by atoms with E-state index in [1.807, 2.05) is 40.9 Å². The topological polar surface area (TPSA) is 90.7 Å². The van der Waals surface area contributed by atoms with Crippen LogP contribution in [-0.2, 0) is 11.3 Å². The first-order valence-corrected chi connectivity index (χ1v) is 14.5. The van der Waals surface area contributed by atoms with E-state index in [1.54, 1.807) is 6.20 Å². The fourth-order valence-electron chi connectivity index (χ4n) is 5.63. The van der Waals surface area contributed by atoms with Crippen molar-refractivity contribution in [3.05, 3.63) is 76.8 Å². The fourth-order valence-corrected chi connectivity index (χ4v) is 5.83. The highest BCUT2D eigenvalue weighted by molar-refractivity contribution is 6.30. The number of piperazine rings is 1. The van der Waals surface area contributed by atoms with E-state index in [1.165, 1.54) is 24.1 Å². The molecule has 3 aromatic heterocycles. The zero-order valence-corrected chi connectivity index (χ0v) is 23.3. The third-order valence-corrected chi connectivity index (χ3v) is 8.47. The number of hydrogen-bond acceptors (Lipinski definition) is 7. The van der Waals surface area contributed by atoms with Gasteiger partial charge in [0.15, 0.2) is 11.5 Å². The molecule has 1 aliphatic heterocycles. The van der Waals surface area contributed by atoms with Gasteiger partial charge in [-0.2, -0.15) is 0 Å². The summed E-state index contributed by atoms with van der Waals surface area (Å²) in [6, 6.07) is 13.8. The number of amides is 1. The third-order valence-electron chi connectivity index (χ3n) is 8.24. The molecule has 3 aliphatic rings. The Bertz CT molecular complexity index is 1560. The van der Waals surface area contributed by atoms with Gasteiger partial charge in [0.1, 0.15) is 5.82 Å². The summed E-state index contributed by atoms with van der Waals surface area (Å²) in [7, 11) is 2.17. The van der Waals surface area contributed by atoms with Crippen molar-refractivity contribution >= 4 is 40.3 Å². The molecule has 4 aromatic rings. The van der Waals surface area contributed by atoms with Crippen molar-refractivity contribution in [2.45, 2.75) is 37.6 Å².